The van der Waals surface area contributed by atoms with Gasteiger partial charge in [-0.25, -0.2) is 0 Å². The highest BCUT2D eigenvalue weighted by molar-refractivity contribution is 5.30. The van der Waals surface area contributed by atoms with Crippen molar-refractivity contribution in [3.05, 3.63) is 35.4 Å². The molecule has 4 rings (SSSR count). The van der Waals surface area contributed by atoms with Gasteiger partial charge in [-0.3, -0.25) is 0 Å². The van der Waals surface area contributed by atoms with E-state index >= 15 is 0 Å². The molecule has 1 aromatic carbocycles. The average Bonchev–Trinajstić information content (AvgIpc) is 3.32. The molecule has 0 radical (unpaired) electrons. The minimum absolute atomic E-state index is 0.424. The standard InChI is InChI=1S/C21H32N2O/c1-2-22-15-18-9-11-21(24,20(18)16-22)19-7-5-17(6-8-19)10-14-23-12-3-4-13-23/h5-8,18,20,24H,2-4,9-16H2,1H3. The second kappa shape index (κ2) is 6.78. The van der Waals surface area contributed by atoms with Gasteiger partial charge in [-0.05, 0) is 68.8 Å². The Morgan fingerprint density at radius 1 is 1.08 bits per heavy atom. The molecule has 132 valence electrons. The largest absolute Gasteiger partial charge is 0.385 e. The zero-order chi connectivity index (χ0) is 16.6. The van der Waals surface area contributed by atoms with E-state index in [2.05, 4.69) is 41.0 Å². The van der Waals surface area contributed by atoms with Gasteiger partial charge in [-0.15, -0.1) is 0 Å². The summed E-state index contributed by atoms with van der Waals surface area (Å²) < 4.78 is 0. The molecule has 1 N–H and O–H groups in total. The lowest BCUT2D eigenvalue weighted by atomic mass is 9.82. The number of likely N-dealkylation sites (tertiary alicyclic amines) is 2. The van der Waals surface area contributed by atoms with Gasteiger partial charge in [0.25, 0.3) is 0 Å². The molecule has 3 atom stereocenters. The molecule has 1 saturated carbocycles. The third kappa shape index (κ3) is 3.02. The van der Waals surface area contributed by atoms with Gasteiger partial charge in [-0.2, -0.15) is 0 Å². The molecule has 0 bridgehead atoms. The lowest BCUT2D eigenvalue weighted by molar-refractivity contribution is -0.00632. The summed E-state index contributed by atoms with van der Waals surface area (Å²) in [6.07, 6.45) is 5.97. The van der Waals surface area contributed by atoms with Crippen LogP contribution in [-0.4, -0.2) is 54.2 Å². The van der Waals surface area contributed by atoms with E-state index in [1.807, 2.05) is 0 Å². The van der Waals surface area contributed by atoms with Crippen molar-refractivity contribution < 1.29 is 5.11 Å². The Balaban J connectivity index is 1.42. The number of benzene rings is 1. The molecule has 3 fully saturated rings. The monoisotopic (exact) mass is 328 g/mol. The van der Waals surface area contributed by atoms with Crippen LogP contribution in [-0.2, 0) is 12.0 Å². The highest BCUT2D eigenvalue weighted by Crippen LogP contribution is 2.50. The van der Waals surface area contributed by atoms with Crippen LogP contribution in [0.4, 0.5) is 0 Å². The molecular weight excluding hydrogens is 296 g/mol. The second-order valence-corrected chi connectivity index (χ2v) is 8.18. The third-order valence-electron chi connectivity index (χ3n) is 6.84. The van der Waals surface area contributed by atoms with Crippen LogP contribution < -0.4 is 0 Å². The quantitative estimate of drug-likeness (QED) is 0.900. The maximum atomic E-state index is 11.4. The molecule has 3 nitrogen and oxygen atoms in total. The lowest BCUT2D eigenvalue weighted by Gasteiger charge is -2.31. The summed E-state index contributed by atoms with van der Waals surface area (Å²) in [6.45, 7) is 9.31. The Labute approximate surface area is 146 Å². The first kappa shape index (κ1) is 16.6. The summed E-state index contributed by atoms with van der Waals surface area (Å²) >= 11 is 0. The number of nitrogens with zero attached hydrogens (tertiary/aromatic N) is 2. The van der Waals surface area contributed by atoms with E-state index < -0.39 is 5.60 Å². The Kier molecular flexibility index (Phi) is 4.68. The highest BCUT2D eigenvalue weighted by Gasteiger charge is 2.51. The number of hydrogen-bond donors (Lipinski definition) is 1. The van der Waals surface area contributed by atoms with E-state index in [0.717, 1.165) is 31.5 Å². The molecule has 0 spiro atoms. The lowest BCUT2D eigenvalue weighted by Crippen LogP contribution is -2.34. The normalized spacial score (nSPS) is 34.1. The van der Waals surface area contributed by atoms with Crippen LogP contribution in [0, 0.1) is 11.8 Å². The van der Waals surface area contributed by atoms with E-state index in [1.165, 1.54) is 51.0 Å². The van der Waals surface area contributed by atoms with Gasteiger partial charge in [-0.1, -0.05) is 31.2 Å². The summed E-state index contributed by atoms with van der Waals surface area (Å²) in [7, 11) is 0. The topological polar surface area (TPSA) is 26.7 Å². The molecule has 1 aromatic rings. The van der Waals surface area contributed by atoms with Crippen molar-refractivity contribution >= 4 is 0 Å². The fourth-order valence-electron chi connectivity index (χ4n) is 5.26. The summed E-state index contributed by atoms with van der Waals surface area (Å²) in [5.74, 6) is 1.11. The zero-order valence-corrected chi connectivity index (χ0v) is 15.1. The third-order valence-corrected chi connectivity index (χ3v) is 6.84. The van der Waals surface area contributed by atoms with E-state index in [-0.39, 0.29) is 0 Å². The predicted molar refractivity (Wildman–Crippen MR) is 98.0 cm³/mol. The molecular formula is C21H32N2O. The van der Waals surface area contributed by atoms with Gasteiger partial charge < -0.3 is 14.9 Å². The van der Waals surface area contributed by atoms with Gasteiger partial charge in [0, 0.05) is 25.6 Å². The van der Waals surface area contributed by atoms with E-state index in [4.69, 9.17) is 0 Å². The molecule has 3 unspecified atom stereocenters. The molecule has 3 aliphatic rings. The Morgan fingerprint density at radius 2 is 1.83 bits per heavy atom. The maximum Gasteiger partial charge on any atom is 0.0940 e. The average molecular weight is 329 g/mol. The molecule has 2 aliphatic heterocycles. The van der Waals surface area contributed by atoms with Crippen molar-refractivity contribution in [1.82, 2.24) is 9.80 Å². The first-order valence-corrected chi connectivity index (χ1v) is 9.95. The summed E-state index contributed by atoms with van der Waals surface area (Å²) in [4.78, 5) is 5.07. The SMILES string of the molecule is CCN1CC2CCC(O)(c3ccc(CCN4CCCC4)cc3)C2C1. The molecule has 2 heterocycles. The van der Waals surface area contributed by atoms with Crippen molar-refractivity contribution in [2.45, 2.75) is 44.6 Å². The number of aliphatic hydroxyl groups is 1. The highest BCUT2D eigenvalue weighted by atomic mass is 16.3. The van der Waals surface area contributed by atoms with Crippen molar-refractivity contribution in [2.24, 2.45) is 11.8 Å². The van der Waals surface area contributed by atoms with E-state index in [0.29, 0.717) is 11.8 Å². The number of rotatable bonds is 5. The van der Waals surface area contributed by atoms with Gasteiger partial charge in [0.2, 0.25) is 0 Å². The van der Waals surface area contributed by atoms with Crippen LogP contribution in [0.25, 0.3) is 0 Å². The molecule has 24 heavy (non-hydrogen) atoms. The Hall–Kier alpha value is -0.900. The van der Waals surface area contributed by atoms with Crippen LogP contribution in [0.2, 0.25) is 0 Å². The smallest absolute Gasteiger partial charge is 0.0940 e. The number of fused-ring (bicyclic) bond motifs is 1. The van der Waals surface area contributed by atoms with Gasteiger partial charge in [0.1, 0.15) is 0 Å². The van der Waals surface area contributed by atoms with Crippen molar-refractivity contribution in [1.29, 1.82) is 0 Å². The number of hydrogen-bond acceptors (Lipinski definition) is 3. The Morgan fingerprint density at radius 3 is 2.54 bits per heavy atom. The van der Waals surface area contributed by atoms with Crippen molar-refractivity contribution in [2.75, 3.05) is 39.3 Å². The predicted octanol–water partition coefficient (Wildman–Crippen LogP) is 2.87. The van der Waals surface area contributed by atoms with Crippen molar-refractivity contribution in [3.8, 4) is 0 Å². The first-order chi connectivity index (χ1) is 11.7. The van der Waals surface area contributed by atoms with E-state index in [9.17, 15) is 5.11 Å². The minimum Gasteiger partial charge on any atom is -0.385 e. The molecule has 3 heteroatoms. The van der Waals surface area contributed by atoms with Gasteiger partial charge >= 0.3 is 0 Å². The molecule has 0 amide bonds. The molecule has 1 aliphatic carbocycles. The van der Waals surface area contributed by atoms with Crippen LogP contribution in [0.1, 0.15) is 43.7 Å². The summed E-state index contributed by atoms with van der Waals surface area (Å²) in [6, 6.07) is 8.92. The first-order valence-electron chi connectivity index (χ1n) is 9.95. The fraction of sp³-hybridized carbons (Fsp3) is 0.714. The van der Waals surface area contributed by atoms with Gasteiger partial charge in [0.15, 0.2) is 0 Å². The Bertz CT molecular complexity index is 551. The van der Waals surface area contributed by atoms with Crippen molar-refractivity contribution in [3.63, 3.8) is 0 Å². The van der Waals surface area contributed by atoms with Crippen LogP contribution in [0.15, 0.2) is 24.3 Å². The van der Waals surface area contributed by atoms with Crippen LogP contribution in [0.5, 0.6) is 0 Å². The fourth-order valence-corrected chi connectivity index (χ4v) is 5.26. The molecule has 0 aromatic heterocycles. The van der Waals surface area contributed by atoms with Crippen LogP contribution in [0.3, 0.4) is 0 Å². The second-order valence-electron chi connectivity index (χ2n) is 8.18. The zero-order valence-electron chi connectivity index (χ0n) is 15.1. The summed E-state index contributed by atoms with van der Waals surface area (Å²) in [5.41, 5.74) is 1.96. The summed E-state index contributed by atoms with van der Waals surface area (Å²) in [5, 5.41) is 11.4. The maximum absolute atomic E-state index is 11.4. The van der Waals surface area contributed by atoms with E-state index in [1.54, 1.807) is 0 Å². The van der Waals surface area contributed by atoms with Gasteiger partial charge in [0.05, 0.1) is 5.60 Å². The minimum atomic E-state index is -0.595. The molecule has 2 saturated heterocycles. The van der Waals surface area contributed by atoms with Crippen LogP contribution >= 0.6 is 0 Å².